The molecule has 4 nitrogen and oxygen atoms in total. The van der Waals surface area contributed by atoms with Crippen LogP contribution in [-0.2, 0) is 0 Å². The van der Waals surface area contributed by atoms with Crippen molar-refractivity contribution in [1.82, 2.24) is 9.13 Å². The molecule has 0 unspecified atom stereocenters. The number of furan rings is 1. The van der Waals surface area contributed by atoms with E-state index >= 15 is 0 Å². The Balaban J connectivity index is 1.30. The van der Waals surface area contributed by atoms with Gasteiger partial charge in [0.1, 0.15) is 11.3 Å². The van der Waals surface area contributed by atoms with E-state index in [4.69, 9.17) is 9.15 Å². The van der Waals surface area contributed by atoms with Gasteiger partial charge in [0, 0.05) is 44.1 Å². The van der Waals surface area contributed by atoms with Gasteiger partial charge in [-0.05, 0) is 61.0 Å². The second-order valence-corrected chi connectivity index (χ2v) is 11.2. The number of ether oxygens (including phenoxy) is 1. The summed E-state index contributed by atoms with van der Waals surface area (Å²) >= 11 is 0. The Kier molecular flexibility index (Phi) is 5.20. The van der Waals surface area contributed by atoms with Crippen LogP contribution in [-0.4, -0.2) is 15.7 Å². The average molecular weight is 557 g/mol. The lowest BCUT2D eigenvalue weighted by atomic mass is 10.1. The Morgan fingerprint density at radius 1 is 0.535 bits per heavy atom. The molecular formula is C39H28N2O2. The van der Waals surface area contributed by atoms with E-state index in [0.717, 1.165) is 51.0 Å². The topological polar surface area (TPSA) is 32.2 Å². The van der Waals surface area contributed by atoms with E-state index in [9.17, 15) is 0 Å². The third-order valence-corrected chi connectivity index (χ3v) is 8.66. The molecule has 0 saturated carbocycles. The number of nitrogens with zero attached hydrogens (tertiary/aromatic N) is 2. The molecule has 0 N–H and O–H groups in total. The van der Waals surface area contributed by atoms with Crippen LogP contribution in [0.15, 0.2) is 132 Å². The molecule has 3 aromatic heterocycles. The molecule has 0 spiro atoms. The molecule has 43 heavy (non-hydrogen) atoms. The second-order valence-electron chi connectivity index (χ2n) is 11.2. The molecule has 0 atom stereocenters. The molecule has 9 rings (SSSR count). The molecule has 0 fully saturated rings. The predicted molar refractivity (Wildman–Crippen MR) is 178 cm³/mol. The first-order valence-corrected chi connectivity index (χ1v) is 14.9. The van der Waals surface area contributed by atoms with Gasteiger partial charge in [-0.3, -0.25) is 0 Å². The van der Waals surface area contributed by atoms with Crippen LogP contribution >= 0.6 is 0 Å². The standard InChI is InChI=1S/C39H28N2O2/c1-2-22-42-26-19-20-30-29-12-3-6-14-33(29)40(37(30)24-26)25-18-21-38-32(23-25)31-13-9-17-36(39(31)43-38)41-34-15-7-4-10-27(34)28-11-5-8-16-35(28)41/h3-21,23-24H,2,22H2,1H3. The maximum Gasteiger partial charge on any atom is 0.159 e. The van der Waals surface area contributed by atoms with Crippen molar-refractivity contribution < 1.29 is 9.15 Å². The number of para-hydroxylation sites is 4. The molecule has 0 amide bonds. The summed E-state index contributed by atoms with van der Waals surface area (Å²) in [6.07, 6.45) is 0.974. The lowest BCUT2D eigenvalue weighted by Crippen LogP contribution is -1.96. The summed E-state index contributed by atoms with van der Waals surface area (Å²) in [5.41, 5.74) is 8.54. The zero-order chi connectivity index (χ0) is 28.5. The maximum atomic E-state index is 6.67. The average Bonchev–Trinajstić information content (AvgIpc) is 3.71. The van der Waals surface area contributed by atoms with Crippen molar-refractivity contribution in [3.05, 3.63) is 127 Å². The van der Waals surface area contributed by atoms with Crippen LogP contribution in [0.3, 0.4) is 0 Å². The van der Waals surface area contributed by atoms with Gasteiger partial charge in [0.15, 0.2) is 5.58 Å². The molecule has 4 heteroatoms. The number of benzene rings is 6. The summed E-state index contributed by atoms with van der Waals surface area (Å²) in [5.74, 6) is 0.893. The molecule has 0 saturated heterocycles. The summed E-state index contributed by atoms with van der Waals surface area (Å²) in [5, 5.41) is 7.11. The van der Waals surface area contributed by atoms with Gasteiger partial charge in [0.25, 0.3) is 0 Å². The summed E-state index contributed by atoms with van der Waals surface area (Å²) < 4.78 is 17.4. The fourth-order valence-electron chi connectivity index (χ4n) is 6.81. The van der Waals surface area contributed by atoms with Gasteiger partial charge in [0.05, 0.1) is 34.4 Å². The van der Waals surface area contributed by atoms with Crippen molar-refractivity contribution in [2.45, 2.75) is 13.3 Å². The third kappa shape index (κ3) is 3.50. The summed E-state index contributed by atoms with van der Waals surface area (Å²) in [6, 6.07) is 45.3. The lowest BCUT2D eigenvalue weighted by molar-refractivity contribution is 0.318. The minimum Gasteiger partial charge on any atom is -0.494 e. The van der Waals surface area contributed by atoms with E-state index in [-0.39, 0.29) is 0 Å². The Labute approximate surface area is 247 Å². The van der Waals surface area contributed by atoms with E-state index in [1.807, 2.05) is 0 Å². The Morgan fingerprint density at radius 3 is 1.86 bits per heavy atom. The highest BCUT2D eigenvalue weighted by molar-refractivity contribution is 6.14. The SMILES string of the molecule is CCCOc1ccc2c3ccccc3n(-c3ccc4oc5c(-n6c7ccccc7c7ccccc76)cccc5c4c3)c2c1. The van der Waals surface area contributed by atoms with Gasteiger partial charge in [-0.2, -0.15) is 0 Å². The zero-order valence-corrected chi connectivity index (χ0v) is 23.7. The summed E-state index contributed by atoms with van der Waals surface area (Å²) in [6.45, 7) is 2.83. The van der Waals surface area contributed by atoms with Gasteiger partial charge < -0.3 is 18.3 Å². The molecule has 9 aromatic rings. The van der Waals surface area contributed by atoms with Crippen LogP contribution < -0.4 is 4.74 Å². The van der Waals surface area contributed by atoms with E-state index in [1.54, 1.807) is 0 Å². The number of hydrogen-bond acceptors (Lipinski definition) is 2. The molecule has 0 aliphatic rings. The van der Waals surface area contributed by atoms with Gasteiger partial charge in [0.2, 0.25) is 0 Å². The number of aromatic nitrogens is 2. The van der Waals surface area contributed by atoms with Crippen molar-refractivity contribution in [3.63, 3.8) is 0 Å². The van der Waals surface area contributed by atoms with E-state index in [2.05, 4.69) is 143 Å². The van der Waals surface area contributed by atoms with Gasteiger partial charge >= 0.3 is 0 Å². The molecule has 0 radical (unpaired) electrons. The number of fused-ring (bicyclic) bond motifs is 9. The van der Waals surface area contributed by atoms with Gasteiger partial charge in [-0.15, -0.1) is 0 Å². The quantitative estimate of drug-likeness (QED) is 0.211. The van der Waals surface area contributed by atoms with Crippen molar-refractivity contribution in [2.24, 2.45) is 0 Å². The first-order chi connectivity index (χ1) is 21.3. The molecular weight excluding hydrogens is 528 g/mol. The van der Waals surface area contributed by atoms with Crippen LogP contribution in [0, 0.1) is 0 Å². The minimum atomic E-state index is 0.701. The first kappa shape index (κ1) is 24.2. The molecule has 0 aliphatic carbocycles. The van der Waals surface area contributed by atoms with Crippen LogP contribution in [0.25, 0.3) is 76.9 Å². The smallest absolute Gasteiger partial charge is 0.159 e. The van der Waals surface area contributed by atoms with Crippen molar-refractivity contribution in [1.29, 1.82) is 0 Å². The van der Waals surface area contributed by atoms with Crippen LogP contribution in [0.5, 0.6) is 5.75 Å². The molecule has 0 aliphatic heterocycles. The van der Waals surface area contributed by atoms with E-state index < -0.39 is 0 Å². The minimum absolute atomic E-state index is 0.701. The highest BCUT2D eigenvalue weighted by Crippen LogP contribution is 2.40. The molecule has 0 bridgehead atoms. The lowest BCUT2D eigenvalue weighted by Gasteiger charge is -2.10. The van der Waals surface area contributed by atoms with E-state index in [1.165, 1.54) is 38.1 Å². The summed E-state index contributed by atoms with van der Waals surface area (Å²) in [7, 11) is 0. The Morgan fingerprint density at radius 2 is 1.16 bits per heavy atom. The highest BCUT2D eigenvalue weighted by atomic mass is 16.5. The normalized spacial score (nSPS) is 12.0. The highest BCUT2D eigenvalue weighted by Gasteiger charge is 2.19. The van der Waals surface area contributed by atoms with Crippen molar-refractivity contribution in [3.8, 4) is 17.1 Å². The second kappa shape index (κ2) is 9.27. The number of hydrogen-bond donors (Lipinski definition) is 0. The molecule has 6 aromatic carbocycles. The Hall–Kier alpha value is -5.48. The first-order valence-electron chi connectivity index (χ1n) is 14.9. The Bertz CT molecular complexity index is 2460. The van der Waals surface area contributed by atoms with Crippen molar-refractivity contribution >= 4 is 65.6 Å². The molecule has 206 valence electrons. The van der Waals surface area contributed by atoms with Gasteiger partial charge in [-0.1, -0.05) is 73.7 Å². The van der Waals surface area contributed by atoms with Crippen LogP contribution in [0.4, 0.5) is 0 Å². The summed E-state index contributed by atoms with van der Waals surface area (Å²) in [4.78, 5) is 0. The largest absolute Gasteiger partial charge is 0.494 e. The van der Waals surface area contributed by atoms with Crippen molar-refractivity contribution in [2.75, 3.05) is 6.61 Å². The fourth-order valence-corrected chi connectivity index (χ4v) is 6.81. The fraction of sp³-hybridized carbons (Fsp3) is 0.0769. The predicted octanol–water partition coefficient (Wildman–Crippen LogP) is 10.6. The zero-order valence-electron chi connectivity index (χ0n) is 23.7. The van der Waals surface area contributed by atoms with Gasteiger partial charge in [-0.25, -0.2) is 0 Å². The van der Waals surface area contributed by atoms with Crippen LogP contribution in [0.1, 0.15) is 13.3 Å². The number of rotatable bonds is 5. The molecule has 3 heterocycles. The maximum absolute atomic E-state index is 6.67. The van der Waals surface area contributed by atoms with Crippen LogP contribution in [0.2, 0.25) is 0 Å². The van der Waals surface area contributed by atoms with E-state index in [0.29, 0.717) is 6.61 Å². The monoisotopic (exact) mass is 556 g/mol. The third-order valence-electron chi connectivity index (χ3n) is 8.66.